The van der Waals surface area contributed by atoms with E-state index in [1.54, 1.807) is 6.20 Å². The molecule has 1 aromatic heterocycles. The fourth-order valence-corrected chi connectivity index (χ4v) is 3.56. The Morgan fingerprint density at radius 3 is 2.37 bits per heavy atom. The predicted octanol–water partition coefficient (Wildman–Crippen LogP) is 3.64. The number of piperidine rings is 1. The minimum Gasteiger partial charge on any atom is -0.490 e. The van der Waals surface area contributed by atoms with E-state index in [9.17, 15) is 4.79 Å². The number of hydrogen-bond donors (Lipinski definition) is 1. The number of aromatic nitrogens is 1. The Labute approximate surface area is 160 Å². The fraction of sp³-hybridized carbons (Fsp3) is 0.455. The molecule has 1 aromatic carbocycles. The average Bonchev–Trinajstić information content (AvgIpc) is 3.49. The minimum absolute atomic E-state index is 0.0164. The van der Waals surface area contributed by atoms with Crippen molar-refractivity contribution in [3.63, 3.8) is 0 Å². The van der Waals surface area contributed by atoms with E-state index in [4.69, 9.17) is 4.74 Å². The second kappa shape index (κ2) is 7.59. The van der Waals surface area contributed by atoms with Crippen LogP contribution >= 0.6 is 0 Å². The summed E-state index contributed by atoms with van der Waals surface area (Å²) in [6.07, 6.45) is 6.06. The van der Waals surface area contributed by atoms with E-state index in [1.807, 2.05) is 12.1 Å². The van der Waals surface area contributed by atoms with Crippen molar-refractivity contribution in [2.24, 2.45) is 0 Å². The number of aryl methyl sites for hydroxylation is 2. The number of carbonyl (C=O) groups is 1. The SMILES string of the molecule is Cc1cccc(C)c1OC1CCN(c2ccc(C(=O)NC3CC3)cn2)CC1. The second-order valence-corrected chi connectivity index (χ2v) is 7.68. The van der Waals surface area contributed by atoms with Gasteiger partial charge in [-0.1, -0.05) is 18.2 Å². The molecule has 1 aliphatic heterocycles. The average molecular weight is 365 g/mol. The molecule has 0 bridgehead atoms. The Balaban J connectivity index is 1.33. The Bertz CT molecular complexity index is 787. The third kappa shape index (κ3) is 4.24. The van der Waals surface area contributed by atoms with Gasteiger partial charge in [0, 0.05) is 38.2 Å². The second-order valence-electron chi connectivity index (χ2n) is 7.68. The number of benzene rings is 1. The van der Waals surface area contributed by atoms with E-state index in [0.29, 0.717) is 11.6 Å². The zero-order chi connectivity index (χ0) is 18.8. The standard InChI is InChI=1S/C22H27N3O2/c1-15-4-3-5-16(2)21(15)27-19-10-12-25(13-11-19)20-9-6-17(14-23-20)22(26)24-18-7-8-18/h3-6,9,14,18-19H,7-8,10-13H2,1-2H3,(H,24,26). The molecule has 1 saturated heterocycles. The molecule has 1 saturated carbocycles. The van der Waals surface area contributed by atoms with Crippen LogP contribution in [0.3, 0.4) is 0 Å². The van der Waals surface area contributed by atoms with Gasteiger partial charge in [0.1, 0.15) is 17.7 Å². The summed E-state index contributed by atoms with van der Waals surface area (Å²) in [6.45, 7) is 6.02. The van der Waals surface area contributed by atoms with Gasteiger partial charge in [-0.2, -0.15) is 0 Å². The molecular formula is C22H27N3O2. The number of nitrogens with one attached hydrogen (secondary N) is 1. The number of pyridine rings is 1. The summed E-state index contributed by atoms with van der Waals surface area (Å²) in [6, 6.07) is 10.5. The van der Waals surface area contributed by atoms with E-state index in [-0.39, 0.29) is 12.0 Å². The van der Waals surface area contributed by atoms with E-state index in [1.165, 1.54) is 11.1 Å². The Hall–Kier alpha value is -2.56. The third-order valence-corrected chi connectivity index (χ3v) is 5.38. The monoisotopic (exact) mass is 365 g/mol. The lowest BCUT2D eigenvalue weighted by molar-refractivity contribution is 0.0950. The molecule has 0 unspecified atom stereocenters. The molecule has 0 radical (unpaired) electrons. The number of carbonyl (C=O) groups excluding carboxylic acids is 1. The first-order valence-electron chi connectivity index (χ1n) is 9.85. The van der Waals surface area contributed by atoms with Crippen LogP contribution in [0.5, 0.6) is 5.75 Å². The van der Waals surface area contributed by atoms with Crippen LogP contribution in [0.2, 0.25) is 0 Å². The fourth-order valence-electron chi connectivity index (χ4n) is 3.56. The van der Waals surface area contributed by atoms with E-state index >= 15 is 0 Å². The highest BCUT2D eigenvalue weighted by Crippen LogP contribution is 2.27. The Kier molecular flexibility index (Phi) is 5.01. The zero-order valence-corrected chi connectivity index (χ0v) is 16.1. The molecule has 0 atom stereocenters. The molecule has 142 valence electrons. The highest BCUT2D eigenvalue weighted by Gasteiger charge is 2.25. The summed E-state index contributed by atoms with van der Waals surface area (Å²) in [7, 11) is 0. The van der Waals surface area contributed by atoms with Crippen molar-refractivity contribution in [1.29, 1.82) is 0 Å². The highest BCUT2D eigenvalue weighted by atomic mass is 16.5. The van der Waals surface area contributed by atoms with E-state index < -0.39 is 0 Å². The van der Waals surface area contributed by atoms with Gasteiger partial charge < -0.3 is 15.0 Å². The number of amides is 1. The first-order valence-corrected chi connectivity index (χ1v) is 9.85. The summed E-state index contributed by atoms with van der Waals surface area (Å²) in [5.74, 6) is 1.95. The molecule has 1 amide bonds. The quantitative estimate of drug-likeness (QED) is 0.879. The first kappa shape index (κ1) is 17.8. The van der Waals surface area contributed by atoms with Gasteiger partial charge in [-0.05, 0) is 49.9 Å². The van der Waals surface area contributed by atoms with Crippen LogP contribution in [-0.4, -0.2) is 36.1 Å². The molecule has 4 rings (SSSR count). The zero-order valence-electron chi connectivity index (χ0n) is 16.1. The van der Waals surface area contributed by atoms with Crippen LogP contribution < -0.4 is 15.0 Å². The smallest absolute Gasteiger partial charge is 0.253 e. The predicted molar refractivity (Wildman–Crippen MR) is 107 cm³/mol. The van der Waals surface area contributed by atoms with E-state index in [0.717, 1.165) is 50.3 Å². The molecule has 1 aliphatic carbocycles. The van der Waals surface area contributed by atoms with Crippen molar-refractivity contribution in [3.05, 3.63) is 53.2 Å². The lowest BCUT2D eigenvalue weighted by atomic mass is 10.1. The largest absolute Gasteiger partial charge is 0.490 e. The normalized spacial score (nSPS) is 17.6. The van der Waals surface area contributed by atoms with Crippen molar-refractivity contribution in [2.45, 2.75) is 51.7 Å². The molecule has 2 heterocycles. The summed E-state index contributed by atoms with van der Waals surface area (Å²) in [5, 5.41) is 3.00. The number of anilines is 1. The maximum atomic E-state index is 12.1. The molecule has 5 heteroatoms. The maximum Gasteiger partial charge on any atom is 0.253 e. The lowest BCUT2D eigenvalue weighted by Gasteiger charge is -2.33. The Morgan fingerprint density at radius 1 is 1.07 bits per heavy atom. The van der Waals surface area contributed by atoms with Gasteiger partial charge in [0.15, 0.2) is 0 Å². The summed E-state index contributed by atoms with van der Waals surface area (Å²) in [4.78, 5) is 18.9. The Morgan fingerprint density at radius 2 is 1.78 bits per heavy atom. The van der Waals surface area contributed by atoms with Crippen LogP contribution in [-0.2, 0) is 0 Å². The highest BCUT2D eigenvalue weighted by molar-refractivity contribution is 5.94. The van der Waals surface area contributed by atoms with Crippen molar-refractivity contribution >= 4 is 11.7 Å². The molecule has 1 N–H and O–H groups in total. The van der Waals surface area contributed by atoms with Gasteiger partial charge in [0.25, 0.3) is 5.91 Å². The molecule has 2 aliphatic rings. The first-order chi connectivity index (χ1) is 13.1. The minimum atomic E-state index is -0.0164. The molecule has 5 nitrogen and oxygen atoms in total. The summed E-state index contributed by atoms with van der Waals surface area (Å²) >= 11 is 0. The van der Waals surface area contributed by atoms with Gasteiger partial charge in [0.05, 0.1) is 5.56 Å². The van der Waals surface area contributed by atoms with Crippen molar-refractivity contribution in [3.8, 4) is 5.75 Å². The van der Waals surface area contributed by atoms with Crippen LogP contribution in [0.25, 0.3) is 0 Å². The topological polar surface area (TPSA) is 54.5 Å². The van der Waals surface area contributed by atoms with Crippen molar-refractivity contribution in [1.82, 2.24) is 10.3 Å². The number of para-hydroxylation sites is 1. The summed E-state index contributed by atoms with van der Waals surface area (Å²) < 4.78 is 6.29. The lowest BCUT2D eigenvalue weighted by Crippen LogP contribution is -2.39. The van der Waals surface area contributed by atoms with Gasteiger partial charge in [-0.25, -0.2) is 4.98 Å². The number of ether oxygens (including phenoxy) is 1. The van der Waals surface area contributed by atoms with Crippen molar-refractivity contribution in [2.75, 3.05) is 18.0 Å². The van der Waals surface area contributed by atoms with Crippen molar-refractivity contribution < 1.29 is 9.53 Å². The van der Waals surface area contributed by atoms with E-state index in [2.05, 4.69) is 47.2 Å². The summed E-state index contributed by atoms with van der Waals surface area (Å²) in [5.41, 5.74) is 3.03. The number of rotatable bonds is 5. The van der Waals surface area contributed by atoms with Gasteiger partial charge in [-0.3, -0.25) is 4.79 Å². The molecule has 2 fully saturated rings. The maximum absolute atomic E-state index is 12.1. The van der Waals surface area contributed by atoms with Gasteiger partial charge in [0.2, 0.25) is 0 Å². The third-order valence-electron chi connectivity index (χ3n) is 5.38. The number of hydrogen-bond acceptors (Lipinski definition) is 4. The molecule has 0 spiro atoms. The van der Waals surface area contributed by atoms with Crippen LogP contribution in [0.4, 0.5) is 5.82 Å². The number of nitrogens with zero attached hydrogens (tertiary/aromatic N) is 2. The molecular weight excluding hydrogens is 338 g/mol. The molecule has 27 heavy (non-hydrogen) atoms. The van der Waals surface area contributed by atoms with Crippen LogP contribution in [0.15, 0.2) is 36.5 Å². The van der Waals surface area contributed by atoms with Gasteiger partial charge >= 0.3 is 0 Å². The van der Waals surface area contributed by atoms with Crippen LogP contribution in [0.1, 0.15) is 47.2 Å². The van der Waals surface area contributed by atoms with Gasteiger partial charge in [-0.15, -0.1) is 0 Å². The molecule has 2 aromatic rings. The van der Waals surface area contributed by atoms with Crippen LogP contribution in [0, 0.1) is 13.8 Å².